The molecule has 5 nitrogen and oxygen atoms in total. The zero-order chi connectivity index (χ0) is 15.9. The predicted octanol–water partition coefficient (Wildman–Crippen LogP) is 2.06. The van der Waals surface area contributed by atoms with E-state index >= 15 is 0 Å². The van der Waals surface area contributed by atoms with Gasteiger partial charge in [-0.05, 0) is 42.9 Å². The molecule has 5 heteroatoms. The summed E-state index contributed by atoms with van der Waals surface area (Å²) in [4.78, 5) is 18.0. The number of carbonyl (C=O) groups excluding carboxylic acids is 1. The van der Waals surface area contributed by atoms with Gasteiger partial charge in [-0.3, -0.25) is 4.99 Å². The molecule has 1 aromatic carbocycles. The van der Waals surface area contributed by atoms with E-state index in [1.807, 2.05) is 12.1 Å². The summed E-state index contributed by atoms with van der Waals surface area (Å²) in [5.74, 6) is 1.03. The van der Waals surface area contributed by atoms with Crippen molar-refractivity contribution >= 4 is 11.9 Å². The summed E-state index contributed by atoms with van der Waals surface area (Å²) in [5.41, 5.74) is 7.77. The monoisotopic (exact) mass is 303 g/mol. The zero-order valence-electron chi connectivity index (χ0n) is 13.4. The lowest BCUT2D eigenvalue weighted by Crippen LogP contribution is -2.43. The summed E-state index contributed by atoms with van der Waals surface area (Å²) in [7, 11) is 1.38. The van der Waals surface area contributed by atoms with Crippen LogP contribution in [0.5, 0.6) is 0 Å². The molecule has 1 unspecified atom stereocenters. The summed E-state index contributed by atoms with van der Waals surface area (Å²) in [6.45, 7) is 4.92. The first-order valence-corrected chi connectivity index (χ1v) is 7.82. The lowest BCUT2D eigenvalue weighted by Gasteiger charge is -2.31. The Labute approximate surface area is 132 Å². The second-order valence-electron chi connectivity index (χ2n) is 5.87. The van der Waals surface area contributed by atoms with Crippen LogP contribution in [-0.4, -0.2) is 43.6 Å². The average molecular weight is 303 g/mol. The van der Waals surface area contributed by atoms with Gasteiger partial charge in [0.15, 0.2) is 5.96 Å². The first kappa shape index (κ1) is 16.3. The Kier molecular flexibility index (Phi) is 5.81. The van der Waals surface area contributed by atoms with E-state index in [9.17, 15) is 4.79 Å². The fourth-order valence-corrected chi connectivity index (χ4v) is 2.72. The molecule has 120 valence electrons. The third-order valence-corrected chi connectivity index (χ3v) is 4.03. The maximum absolute atomic E-state index is 11.4. The molecule has 0 aliphatic carbocycles. The Balaban J connectivity index is 1.84. The topological polar surface area (TPSA) is 67.9 Å². The molecule has 1 aliphatic heterocycles. The molecule has 1 fully saturated rings. The Morgan fingerprint density at radius 3 is 2.77 bits per heavy atom. The highest BCUT2D eigenvalue weighted by atomic mass is 16.5. The molecule has 1 heterocycles. The molecule has 22 heavy (non-hydrogen) atoms. The van der Waals surface area contributed by atoms with Crippen LogP contribution in [0.3, 0.4) is 0 Å². The summed E-state index contributed by atoms with van der Waals surface area (Å²) in [6, 6.07) is 7.42. The SMILES string of the molecule is COC(=O)c1ccc(CCN=C(N)N2CCCC(C)C2)cc1. The minimum atomic E-state index is -0.312. The van der Waals surface area contributed by atoms with Gasteiger partial charge in [0.05, 0.1) is 12.7 Å². The number of piperidine rings is 1. The molecule has 0 spiro atoms. The zero-order valence-corrected chi connectivity index (χ0v) is 13.4. The first-order chi connectivity index (χ1) is 10.6. The number of hydrogen-bond acceptors (Lipinski definition) is 3. The van der Waals surface area contributed by atoms with Gasteiger partial charge in [-0.15, -0.1) is 0 Å². The number of methoxy groups -OCH3 is 1. The van der Waals surface area contributed by atoms with Crippen LogP contribution in [0, 0.1) is 5.92 Å². The number of esters is 1. The number of guanidine groups is 1. The van der Waals surface area contributed by atoms with Gasteiger partial charge in [-0.1, -0.05) is 19.1 Å². The largest absolute Gasteiger partial charge is 0.465 e. The number of hydrogen-bond donors (Lipinski definition) is 1. The van der Waals surface area contributed by atoms with Gasteiger partial charge in [-0.25, -0.2) is 4.79 Å². The maximum atomic E-state index is 11.4. The van der Waals surface area contributed by atoms with E-state index in [4.69, 9.17) is 5.73 Å². The molecule has 0 aromatic heterocycles. The van der Waals surface area contributed by atoms with E-state index in [-0.39, 0.29) is 5.97 Å². The van der Waals surface area contributed by atoms with Crippen LogP contribution < -0.4 is 5.73 Å². The van der Waals surface area contributed by atoms with Gasteiger partial charge in [0.25, 0.3) is 0 Å². The number of nitrogens with two attached hydrogens (primary N) is 1. The molecular weight excluding hydrogens is 278 g/mol. The quantitative estimate of drug-likeness (QED) is 0.525. The summed E-state index contributed by atoms with van der Waals surface area (Å²) < 4.78 is 4.68. The lowest BCUT2D eigenvalue weighted by atomic mass is 10.0. The van der Waals surface area contributed by atoms with Crippen molar-refractivity contribution in [1.82, 2.24) is 4.90 Å². The van der Waals surface area contributed by atoms with Crippen LogP contribution in [-0.2, 0) is 11.2 Å². The smallest absolute Gasteiger partial charge is 0.337 e. The molecule has 0 bridgehead atoms. The Bertz CT molecular complexity index is 525. The number of ether oxygens (including phenoxy) is 1. The highest BCUT2D eigenvalue weighted by Crippen LogP contribution is 2.15. The van der Waals surface area contributed by atoms with E-state index in [1.54, 1.807) is 12.1 Å². The van der Waals surface area contributed by atoms with Gasteiger partial charge in [-0.2, -0.15) is 0 Å². The predicted molar refractivity (Wildman–Crippen MR) is 87.9 cm³/mol. The van der Waals surface area contributed by atoms with E-state index in [0.29, 0.717) is 24.0 Å². The van der Waals surface area contributed by atoms with Gasteiger partial charge in [0, 0.05) is 19.6 Å². The Morgan fingerprint density at radius 2 is 2.14 bits per heavy atom. The minimum absolute atomic E-state index is 0.312. The highest BCUT2D eigenvalue weighted by molar-refractivity contribution is 5.89. The molecule has 1 atom stereocenters. The van der Waals surface area contributed by atoms with Crippen molar-refractivity contribution in [3.05, 3.63) is 35.4 Å². The van der Waals surface area contributed by atoms with Crippen molar-refractivity contribution in [2.24, 2.45) is 16.6 Å². The number of rotatable bonds is 4. The normalized spacial score (nSPS) is 19.1. The molecule has 2 N–H and O–H groups in total. The van der Waals surface area contributed by atoms with Crippen molar-refractivity contribution in [3.63, 3.8) is 0 Å². The lowest BCUT2D eigenvalue weighted by molar-refractivity contribution is 0.0600. The molecule has 1 aromatic rings. The second kappa shape index (κ2) is 7.82. The van der Waals surface area contributed by atoms with Crippen molar-refractivity contribution in [1.29, 1.82) is 0 Å². The standard InChI is InChI=1S/C17H25N3O2/c1-13-4-3-11-20(12-13)17(18)19-10-9-14-5-7-15(8-6-14)16(21)22-2/h5-8,13H,3-4,9-12H2,1-2H3,(H2,18,19). The van der Waals surface area contributed by atoms with Crippen LogP contribution in [0.4, 0.5) is 0 Å². The third kappa shape index (κ3) is 4.48. The van der Waals surface area contributed by atoms with E-state index < -0.39 is 0 Å². The number of benzene rings is 1. The molecular formula is C17H25N3O2. The number of carbonyl (C=O) groups is 1. The molecule has 1 aliphatic rings. The van der Waals surface area contributed by atoms with E-state index in [2.05, 4.69) is 21.6 Å². The number of aliphatic imine (C=N–C) groups is 1. The molecule has 1 saturated heterocycles. The Hall–Kier alpha value is -2.04. The molecule has 0 amide bonds. The van der Waals surface area contributed by atoms with Crippen molar-refractivity contribution in [2.75, 3.05) is 26.7 Å². The van der Waals surface area contributed by atoms with Crippen LogP contribution in [0.25, 0.3) is 0 Å². The van der Waals surface area contributed by atoms with Crippen molar-refractivity contribution < 1.29 is 9.53 Å². The van der Waals surface area contributed by atoms with Crippen LogP contribution in [0.2, 0.25) is 0 Å². The fraction of sp³-hybridized carbons (Fsp3) is 0.529. The van der Waals surface area contributed by atoms with Crippen LogP contribution in [0.1, 0.15) is 35.7 Å². The highest BCUT2D eigenvalue weighted by Gasteiger charge is 2.17. The maximum Gasteiger partial charge on any atom is 0.337 e. The Morgan fingerprint density at radius 1 is 1.41 bits per heavy atom. The van der Waals surface area contributed by atoms with E-state index in [0.717, 1.165) is 25.1 Å². The fourth-order valence-electron chi connectivity index (χ4n) is 2.72. The van der Waals surface area contributed by atoms with Crippen LogP contribution >= 0.6 is 0 Å². The average Bonchev–Trinajstić information content (AvgIpc) is 2.54. The summed E-state index contributed by atoms with van der Waals surface area (Å²) in [5, 5.41) is 0. The molecule has 0 saturated carbocycles. The van der Waals surface area contributed by atoms with Gasteiger partial charge in [0.1, 0.15) is 0 Å². The summed E-state index contributed by atoms with van der Waals surface area (Å²) >= 11 is 0. The second-order valence-corrected chi connectivity index (χ2v) is 5.87. The minimum Gasteiger partial charge on any atom is -0.465 e. The van der Waals surface area contributed by atoms with Gasteiger partial charge >= 0.3 is 5.97 Å². The number of nitrogens with zero attached hydrogens (tertiary/aromatic N) is 2. The molecule has 0 radical (unpaired) electrons. The van der Waals surface area contributed by atoms with Crippen molar-refractivity contribution in [3.8, 4) is 0 Å². The van der Waals surface area contributed by atoms with Crippen molar-refractivity contribution in [2.45, 2.75) is 26.2 Å². The first-order valence-electron chi connectivity index (χ1n) is 7.82. The van der Waals surface area contributed by atoms with Gasteiger partial charge < -0.3 is 15.4 Å². The van der Waals surface area contributed by atoms with E-state index in [1.165, 1.54) is 20.0 Å². The third-order valence-electron chi connectivity index (χ3n) is 4.03. The van der Waals surface area contributed by atoms with Gasteiger partial charge in [0.2, 0.25) is 0 Å². The van der Waals surface area contributed by atoms with Crippen LogP contribution in [0.15, 0.2) is 29.3 Å². The molecule has 2 rings (SSSR count). The summed E-state index contributed by atoms with van der Waals surface area (Å²) in [6.07, 6.45) is 3.27. The number of likely N-dealkylation sites (tertiary alicyclic amines) is 1.